The first kappa shape index (κ1) is 13.3. The smallest absolute Gasteiger partial charge is 0.146 e. The summed E-state index contributed by atoms with van der Waals surface area (Å²) in [4.78, 5) is 2.01. The van der Waals surface area contributed by atoms with Gasteiger partial charge in [0, 0.05) is 19.7 Å². The van der Waals surface area contributed by atoms with E-state index in [1.807, 2.05) is 11.8 Å². The summed E-state index contributed by atoms with van der Waals surface area (Å²) >= 11 is 0. The minimum atomic E-state index is -0.639. The Morgan fingerprint density at radius 3 is 2.94 bits per heavy atom. The number of nitrogens with zero attached hydrogens (tertiary/aromatic N) is 1. The summed E-state index contributed by atoms with van der Waals surface area (Å²) in [5.74, 6) is -0.275. The molecule has 1 unspecified atom stereocenters. The first-order valence-corrected chi connectivity index (χ1v) is 6.42. The van der Waals surface area contributed by atoms with Crippen molar-refractivity contribution in [2.24, 2.45) is 0 Å². The van der Waals surface area contributed by atoms with Gasteiger partial charge < -0.3 is 14.7 Å². The van der Waals surface area contributed by atoms with Crippen molar-refractivity contribution in [3.8, 4) is 0 Å². The van der Waals surface area contributed by atoms with Gasteiger partial charge in [0.15, 0.2) is 0 Å². The van der Waals surface area contributed by atoms with Crippen LogP contribution >= 0.6 is 0 Å². The summed E-state index contributed by atoms with van der Waals surface area (Å²) in [5.41, 5.74) is 1.20. The minimum Gasteiger partial charge on any atom is -0.389 e. The zero-order valence-electron chi connectivity index (χ0n) is 10.9. The number of aliphatic hydroxyl groups is 1. The summed E-state index contributed by atoms with van der Waals surface area (Å²) in [7, 11) is 0. The molecule has 0 bridgehead atoms. The highest BCUT2D eigenvalue weighted by Gasteiger charge is 2.18. The molecule has 1 fully saturated rings. The Balaban J connectivity index is 2.21. The van der Waals surface area contributed by atoms with E-state index in [4.69, 9.17) is 4.74 Å². The molecule has 3 nitrogen and oxygen atoms in total. The largest absolute Gasteiger partial charge is 0.389 e. The lowest BCUT2D eigenvalue weighted by molar-refractivity contribution is 0.0820. The molecule has 0 amide bonds. The van der Waals surface area contributed by atoms with Gasteiger partial charge in [-0.25, -0.2) is 4.39 Å². The third kappa shape index (κ3) is 3.00. The van der Waals surface area contributed by atoms with E-state index in [0.29, 0.717) is 17.8 Å². The van der Waals surface area contributed by atoms with Crippen LogP contribution in [0.4, 0.5) is 10.1 Å². The summed E-state index contributed by atoms with van der Waals surface area (Å²) in [6.07, 6.45) is 0.380. The van der Waals surface area contributed by atoms with Crippen molar-refractivity contribution in [2.75, 3.05) is 24.6 Å². The van der Waals surface area contributed by atoms with E-state index >= 15 is 0 Å². The van der Waals surface area contributed by atoms with E-state index in [0.717, 1.165) is 19.6 Å². The molecule has 1 aromatic carbocycles. The van der Waals surface area contributed by atoms with Crippen LogP contribution in [0.2, 0.25) is 0 Å². The Kier molecular flexibility index (Phi) is 4.19. The first-order valence-electron chi connectivity index (χ1n) is 6.42. The molecule has 0 aliphatic carbocycles. The Hall–Kier alpha value is -1.13. The lowest BCUT2D eigenvalue weighted by atomic mass is 10.1. The van der Waals surface area contributed by atoms with Crippen molar-refractivity contribution in [1.82, 2.24) is 0 Å². The summed E-state index contributed by atoms with van der Waals surface area (Å²) < 4.78 is 19.6. The quantitative estimate of drug-likeness (QED) is 0.879. The molecule has 1 heterocycles. The number of benzene rings is 1. The number of rotatable bonds is 2. The second kappa shape index (κ2) is 5.67. The van der Waals surface area contributed by atoms with Gasteiger partial charge in [-0.3, -0.25) is 0 Å². The lowest BCUT2D eigenvalue weighted by Gasteiger charge is -2.25. The molecule has 1 aromatic rings. The van der Waals surface area contributed by atoms with Gasteiger partial charge in [-0.05, 0) is 38.0 Å². The van der Waals surface area contributed by atoms with Gasteiger partial charge in [0.2, 0.25) is 0 Å². The van der Waals surface area contributed by atoms with Crippen LogP contribution in [0.15, 0.2) is 18.2 Å². The van der Waals surface area contributed by atoms with Crippen LogP contribution in [-0.4, -0.2) is 30.9 Å². The van der Waals surface area contributed by atoms with E-state index in [-0.39, 0.29) is 11.9 Å². The Morgan fingerprint density at radius 2 is 2.28 bits per heavy atom. The maximum Gasteiger partial charge on any atom is 0.146 e. The summed E-state index contributed by atoms with van der Waals surface area (Å²) in [6.45, 7) is 5.86. The van der Waals surface area contributed by atoms with Crippen molar-refractivity contribution in [3.63, 3.8) is 0 Å². The average molecular weight is 253 g/mol. The minimum absolute atomic E-state index is 0.114. The van der Waals surface area contributed by atoms with Crippen LogP contribution in [0.3, 0.4) is 0 Å². The van der Waals surface area contributed by atoms with Crippen LogP contribution in [0.5, 0.6) is 0 Å². The molecular weight excluding hydrogens is 233 g/mol. The topological polar surface area (TPSA) is 32.7 Å². The average Bonchev–Trinajstić information content (AvgIpc) is 2.53. The van der Waals surface area contributed by atoms with Crippen molar-refractivity contribution in [1.29, 1.82) is 0 Å². The number of hydrogen-bond acceptors (Lipinski definition) is 3. The maximum absolute atomic E-state index is 14.1. The SMILES string of the molecule is CC1CN(c2ccc([C@H](C)O)cc2F)CCCO1. The van der Waals surface area contributed by atoms with Gasteiger partial charge in [-0.1, -0.05) is 6.07 Å². The monoisotopic (exact) mass is 253 g/mol. The van der Waals surface area contributed by atoms with Gasteiger partial charge in [0.1, 0.15) is 5.82 Å². The molecule has 0 spiro atoms. The molecule has 100 valence electrons. The van der Waals surface area contributed by atoms with Crippen molar-refractivity contribution < 1.29 is 14.2 Å². The molecule has 1 aliphatic heterocycles. The molecule has 1 N–H and O–H groups in total. The second-order valence-electron chi connectivity index (χ2n) is 4.87. The fourth-order valence-electron chi connectivity index (χ4n) is 2.25. The Morgan fingerprint density at radius 1 is 1.50 bits per heavy atom. The van der Waals surface area contributed by atoms with E-state index in [1.165, 1.54) is 6.07 Å². The van der Waals surface area contributed by atoms with E-state index in [9.17, 15) is 9.50 Å². The Bertz CT molecular complexity index is 409. The number of halogens is 1. The van der Waals surface area contributed by atoms with Gasteiger partial charge >= 0.3 is 0 Å². The molecule has 0 aromatic heterocycles. The Labute approximate surface area is 107 Å². The first-order chi connectivity index (χ1) is 8.58. The predicted molar refractivity (Wildman–Crippen MR) is 69.3 cm³/mol. The molecule has 4 heteroatoms. The fraction of sp³-hybridized carbons (Fsp3) is 0.571. The normalized spacial score (nSPS) is 22.7. The second-order valence-corrected chi connectivity index (χ2v) is 4.87. The van der Waals surface area contributed by atoms with Crippen LogP contribution in [0, 0.1) is 5.82 Å². The highest BCUT2D eigenvalue weighted by molar-refractivity contribution is 5.49. The van der Waals surface area contributed by atoms with Gasteiger partial charge in [-0.15, -0.1) is 0 Å². The van der Waals surface area contributed by atoms with Crippen LogP contribution in [-0.2, 0) is 4.74 Å². The fourth-order valence-corrected chi connectivity index (χ4v) is 2.25. The lowest BCUT2D eigenvalue weighted by Crippen LogP contribution is -2.30. The molecule has 0 saturated carbocycles. The van der Waals surface area contributed by atoms with Crippen LogP contribution < -0.4 is 4.90 Å². The third-order valence-corrected chi connectivity index (χ3v) is 3.25. The van der Waals surface area contributed by atoms with Crippen molar-refractivity contribution in [3.05, 3.63) is 29.6 Å². The van der Waals surface area contributed by atoms with Gasteiger partial charge in [0.25, 0.3) is 0 Å². The van der Waals surface area contributed by atoms with E-state index in [2.05, 4.69) is 0 Å². The number of ether oxygens (including phenoxy) is 1. The number of aliphatic hydroxyl groups excluding tert-OH is 1. The van der Waals surface area contributed by atoms with E-state index < -0.39 is 6.10 Å². The van der Waals surface area contributed by atoms with Crippen molar-refractivity contribution in [2.45, 2.75) is 32.5 Å². The maximum atomic E-state index is 14.1. The highest BCUT2D eigenvalue weighted by Crippen LogP contribution is 2.25. The number of hydrogen-bond donors (Lipinski definition) is 1. The molecule has 2 rings (SSSR count). The zero-order valence-corrected chi connectivity index (χ0v) is 10.9. The zero-order chi connectivity index (χ0) is 13.1. The summed E-state index contributed by atoms with van der Waals surface area (Å²) in [6, 6.07) is 4.94. The highest BCUT2D eigenvalue weighted by atomic mass is 19.1. The van der Waals surface area contributed by atoms with Gasteiger partial charge in [0.05, 0.1) is 17.9 Å². The molecule has 1 saturated heterocycles. The van der Waals surface area contributed by atoms with Crippen molar-refractivity contribution >= 4 is 5.69 Å². The molecule has 1 aliphatic rings. The molecule has 0 radical (unpaired) electrons. The van der Waals surface area contributed by atoms with Crippen LogP contribution in [0.1, 0.15) is 31.9 Å². The van der Waals surface area contributed by atoms with E-state index in [1.54, 1.807) is 19.1 Å². The molecule has 2 atom stereocenters. The standard InChI is InChI=1S/C14H20FNO2/c1-10-9-16(6-3-7-18-10)14-5-4-12(11(2)17)8-13(14)15/h4-5,8,10-11,17H,3,6-7,9H2,1-2H3/t10?,11-/m0/s1. The van der Waals surface area contributed by atoms with Gasteiger partial charge in [-0.2, -0.15) is 0 Å². The summed E-state index contributed by atoms with van der Waals surface area (Å²) in [5, 5.41) is 9.44. The third-order valence-electron chi connectivity index (χ3n) is 3.25. The van der Waals surface area contributed by atoms with Crippen LogP contribution in [0.25, 0.3) is 0 Å². The molecule has 18 heavy (non-hydrogen) atoms. The predicted octanol–water partition coefficient (Wildman–Crippen LogP) is 2.49. The number of anilines is 1. The molecular formula is C14H20FNO2.